The molecule has 176 valence electrons. The molecule has 0 aromatic heterocycles. The Balaban J connectivity index is 2.29. The van der Waals surface area contributed by atoms with Gasteiger partial charge in [0.05, 0.1) is 22.4 Å². The number of benzene rings is 3. The molecule has 0 amide bonds. The molecule has 0 radical (unpaired) electrons. The molecule has 0 spiro atoms. The summed E-state index contributed by atoms with van der Waals surface area (Å²) in [4.78, 5) is -1.88. The summed E-state index contributed by atoms with van der Waals surface area (Å²) >= 11 is 0. The van der Waals surface area contributed by atoms with Crippen LogP contribution in [0.25, 0.3) is 0 Å². The molecule has 11 heteroatoms. The highest BCUT2D eigenvalue weighted by Crippen LogP contribution is 2.36. The quantitative estimate of drug-likeness (QED) is 0.328. The van der Waals surface area contributed by atoms with E-state index in [-0.39, 0.29) is 9.79 Å². The molecule has 0 aliphatic carbocycles. The van der Waals surface area contributed by atoms with Crippen LogP contribution in [0.2, 0.25) is 0 Å². The fraction of sp³-hybridized carbons (Fsp3) is 0.182. The van der Waals surface area contributed by atoms with Gasteiger partial charge >= 0.3 is 0 Å². The van der Waals surface area contributed by atoms with Crippen LogP contribution in [0, 0.1) is 23.3 Å². The third kappa shape index (κ3) is 4.95. The lowest BCUT2D eigenvalue weighted by atomic mass is 10.3. The fourth-order valence-electron chi connectivity index (χ4n) is 3.16. The van der Waals surface area contributed by atoms with Gasteiger partial charge in [-0.2, -0.15) is 0 Å². The summed E-state index contributed by atoms with van der Waals surface area (Å²) in [7, 11) is -9.89. The molecule has 4 nitrogen and oxygen atoms in total. The van der Waals surface area contributed by atoms with Gasteiger partial charge in [0, 0.05) is 24.3 Å². The van der Waals surface area contributed by atoms with E-state index in [1.807, 2.05) is 0 Å². The average molecular weight is 520 g/mol. The predicted molar refractivity (Wildman–Crippen MR) is 117 cm³/mol. The third-order valence-electron chi connectivity index (χ3n) is 4.78. The van der Waals surface area contributed by atoms with Crippen molar-refractivity contribution in [3.63, 3.8) is 0 Å². The summed E-state index contributed by atoms with van der Waals surface area (Å²) in [5.41, 5.74) is 0. The molecule has 3 rings (SSSR count). The average Bonchev–Trinajstić information content (AvgIpc) is 2.73. The van der Waals surface area contributed by atoms with Crippen LogP contribution in [-0.4, -0.2) is 28.3 Å². The van der Waals surface area contributed by atoms with E-state index in [4.69, 9.17) is 0 Å². The van der Waals surface area contributed by atoms with Gasteiger partial charge < -0.3 is 0 Å². The Morgan fingerprint density at radius 3 is 1.24 bits per heavy atom. The molecule has 0 unspecified atom stereocenters. The largest absolute Gasteiger partial charge is 0.223 e. The molecule has 0 heterocycles. The summed E-state index contributed by atoms with van der Waals surface area (Å²) < 4.78 is 107. The Hall–Kier alpha value is -2.37. The molecule has 0 atom stereocenters. The fourth-order valence-corrected chi connectivity index (χ4v) is 7.29. The maximum atomic E-state index is 14.8. The summed E-state index contributed by atoms with van der Waals surface area (Å²) in [5.74, 6) is -6.35. The maximum absolute atomic E-state index is 14.8. The third-order valence-corrected chi connectivity index (χ3v) is 10.5. The van der Waals surface area contributed by atoms with Gasteiger partial charge in [-0.1, -0.05) is 32.0 Å². The van der Waals surface area contributed by atoms with Crippen LogP contribution in [-0.2, 0) is 30.6 Å². The van der Waals surface area contributed by atoms with Crippen LogP contribution in [0.15, 0.2) is 79.1 Å². The lowest BCUT2D eigenvalue weighted by Crippen LogP contribution is -2.14. The Kier molecular flexibility index (Phi) is 7.25. The highest BCUT2D eigenvalue weighted by molar-refractivity contribution is 7.97. The molecule has 0 aliphatic heterocycles. The molecule has 0 saturated carbocycles. The summed E-state index contributed by atoms with van der Waals surface area (Å²) in [5, 5.41) is 0. The second kappa shape index (κ2) is 9.47. The SMILES string of the molecule is CCS(=O)(=O)c1c(F)cc([S+](c2ccccc2)c2cc(F)c(S(=O)(=O)CC)c(F)c2)cc1F. The molecule has 0 bridgehead atoms. The monoisotopic (exact) mass is 519 g/mol. The number of rotatable bonds is 7. The number of hydrogen-bond acceptors (Lipinski definition) is 4. The van der Waals surface area contributed by atoms with Crippen LogP contribution in [0.1, 0.15) is 13.8 Å². The normalized spacial score (nSPS) is 12.3. The minimum Gasteiger partial charge on any atom is -0.223 e. The van der Waals surface area contributed by atoms with Crippen LogP contribution in [0.3, 0.4) is 0 Å². The number of hydrogen-bond donors (Lipinski definition) is 0. The van der Waals surface area contributed by atoms with E-state index in [9.17, 15) is 34.4 Å². The number of sulfone groups is 2. The van der Waals surface area contributed by atoms with Crippen molar-refractivity contribution in [2.24, 2.45) is 0 Å². The van der Waals surface area contributed by atoms with Crippen molar-refractivity contribution in [3.8, 4) is 0 Å². The first-order valence-corrected chi connectivity index (χ1v) is 14.2. The molecule has 0 saturated heterocycles. The molecule has 3 aromatic rings. The van der Waals surface area contributed by atoms with Crippen LogP contribution in [0.4, 0.5) is 17.6 Å². The molecular formula is C22H19F4O4S3+. The van der Waals surface area contributed by atoms with E-state index in [0.29, 0.717) is 4.90 Å². The highest BCUT2D eigenvalue weighted by Gasteiger charge is 2.36. The first-order chi connectivity index (χ1) is 15.4. The Labute approximate surface area is 192 Å². The molecule has 0 N–H and O–H groups in total. The second-order valence-electron chi connectivity index (χ2n) is 6.86. The van der Waals surface area contributed by atoms with Crippen molar-refractivity contribution < 1.29 is 34.4 Å². The van der Waals surface area contributed by atoms with Crippen molar-refractivity contribution >= 4 is 30.6 Å². The lowest BCUT2D eigenvalue weighted by Gasteiger charge is -2.12. The van der Waals surface area contributed by atoms with Gasteiger partial charge in [-0.25, -0.2) is 34.4 Å². The number of halogens is 4. The van der Waals surface area contributed by atoms with Crippen LogP contribution < -0.4 is 0 Å². The van der Waals surface area contributed by atoms with Gasteiger partial charge in [0.2, 0.25) is 0 Å². The molecule has 0 aliphatic rings. The van der Waals surface area contributed by atoms with Gasteiger partial charge in [-0.15, -0.1) is 0 Å². The zero-order valence-corrected chi connectivity index (χ0v) is 19.9. The Morgan fingerprint density at radius 1 is 0.606 bits per heavy atom. The Morgan fingerprint density at radius 2 is 0.939 bits per heavy atom. The first-order valence-electron chi connectivity index (χ1n) is 9.65. The summed E-state index contributed by atoms with van der Waals surface area (Å²) in [6, 6.07) is 11.3. The zero-order valence-electron chi connectivity index (χ0n) is 17.5. The van der Waals surface area contributed by atoms with Crippen molar-refractivity contribution in [1.82, 2.24) is 0 Å². The minimum absolute atomic E-state index is 0.0730. The smallest absolute Gasteiger partial charge is 0.183 e. The van der Waals surface area contributed by atoms with Crippen molar-refractivity contribution in [3.05, 3.63) is 77.9 Å². The van der Waals surface area contributed by atoms with E-state index < -0.39 is 75.1 Å². The Bertz CT molecular complexity index is 1270. The van der Waals surface area contributed by atoms with Gasteiger partial charge in [0.15, 0.2) is 34.4 Å². The van der Waals surface area contributed by atoms with Gasteiger partial charge in [-0.05, 0) is 12.1 Å². The van der Waals surface area contributed by atoms with Gasteiger partial charge in [-0.3, -0.25) is 0 Å². The minimum atomic E-state index is -4.20. The molecular weight excluding hydrogens is 500 g/mol. The lowest BCUT2D eigenvalue weighted by molar-refractivity contribution is 0.514. The van der Waals surface area contributed by atoms with Crippen molar-refractivity contribution in [2.75, 3.05) is 11.5 Å². The topological polar surface area (TPSA) is 68.3 Å². The molecule has 3 aromatic carbocycles. The molecule has 0 fully saturated rings. The standard InChI is InChI=1S/C22H19F4O4S3/c1-3-32(27,28)21-17(23)10-15(11-18(21)24)31(14-8-6-5-7-9-14)16-12-19(25)22(20(26)13-16)33(29,30)4-2/h5-13H,3-4H2,1-2H3/q+1. The van der Waals surface area contributed by atoms with Crippen molar-refractivity contribution in [2.45, 2.75) is 38.3 Å². The maximum Gasteiger partial charge on any atom is 0.183 e. The van der Waals surface area contributed by atoms with E-state index in [0.717, 1.165) is 24.3 Å². The molecule has 33 heavy (non-hydrogen) atoms. The zero-order chi connectivity index (χ0) is 24.6. The van der Waals surface area contributed by atoms with Crippen LogP contribution in [0.5, 0.6) is 0 Å². The van der Waals surface area contributed by atoms with Crippen molar-refractivity contribution in [1.29, 1.82) is 0 Å². The first kappa shape index (κ1) is 25.3. The second-order valence-corrected chi connectivity index (χ2v) is 13.3. The van der Waals surface area contributed by atoms with Crippen LogP contribution >= 0.6 is 0 Å². The highest BCUT2D eigenvalue weighted by atomic mass is 32.2. The van der Waals surface area contributed by atoms with E-state index >= 15 is 0 Å². The summed E-state index contributed by atoms with van der Waals surface area (Å²) in [6.45, 7) is 2.49. The predicted octanol–water partition coefficient (Wildman–Crippen LogP) is 4.93. The van der Waals surface area contributed by atoms with E-state index in [1.165, 1.54) is 13.8 Å². The van der Waals surface area contributed by atoms with E-state index in [2.05, 4.69) is 0 Å². The van der Waals surface area contributed by atoms with E-state index in [1.54, 1.807) is 30.3 Å². The van der Waals surface area contributed by atoms with Gasteiger partial charge in [0.1, 0.15) is 33.1 Å². The summed E-state index contributed by atoms with van der Waals surface area (Å²) in [6.07, 6.45) is 0. The van der Waals surface area contributed by atoms with Gasteiger partial charge in [0.25, 0.3) is 0 Å².